The second-order valence-electron chi connectivity index (χ2n) is 6.61. The van der Waals surface area contributed by atoms with Gasteiger partial charge >= 0.3 is 0 Å². The highest BCUT2D eigenvalue weighted by molar-refractivity contribution is 5.31. The smallest absolute Gasteiger partial charge is 0.0670 e. The molecule has 0 radical (unpaired) electrons. The number of hydrogen-bond donors (Lipinski definition) is 0. The van der Waals surface area contributed by atoms with Crippen LogP contribution in [-0.2, 0) is 4.74 Å². The molecule has 3 rings (SSSR count). The van der Waals surface area contributed by atoms with Crippen LogP contribution in [0.5, 0.6) is 0 Å². The molecule has 1 fully saturated rings. The van der Waals surface area contributed by atoms with Crippen molar-refractivity contribution >= 4 is 0 Å². The predicted molar refractivity (Wildman–Crippen MR) is 99.2 cm³/mol. The van der Waals surface area contributed by atoms with Crippen molar-refractivity contribution in [1.29, 1.82) is 0 Å². The summed E-state index contributed by atoms with van der Waals surface area (Å²) in [5.41, 5.74) is 2.75. The van der Waals surface area contributed by atoms with Crippen molar-refractivity contribution in [3.63, 3.8) is 0 Å². The van der Waals surface area contributed by atoms with E-state index < -0.39 is 0 Å². The molecule has 1 unspecified atom stereocenters. The normalized spacial score (nSPS) is 18.0. The Kier molecular flexibility index (Phi) is 6.02. The maximum atomic E-state index is 5.41. The van der Waals surface area contributed by atoms with Crippen LogP contribution >= 0.6 is 0 Å². The lowest BCUT2D eigenvalue weighted by Crippen LogP contribution is -2.49. The topological polar surface area (TPSA) is 15.7 Å². The largest absolute Gasteiger partial charge is 0.380 e. The van der Waals surface area contributed by atoms with Crippen LogP contribution in [0.15, 0.2) is 60.7 Å². The van der Waals surface area contributed by atoms with E-state index in [1.165, 1.54) is 11.1 Å². The molecule has 1 aliphatic rings. The summed E-state index contributed by atoms with van der Waals surface area (Å²) in [6.45, 7) is 7.54. The minimum atomic E-state index is 0.301. The zero-order valence-corrected chi connectivity index (χ0v) is 14.8. The first-order valence-corrected chi connectivity index (χ1v) is 8.87. The van der Waals surface area contributed by atoms with Crippen molar-refractivity contribution in [2.75, 3.05) is 39.8 Å². The molecular formula is C21H28N2O. The van der Waals surface area contributed by atoms with Crippen molar-refractivity contribution < 1.29 is 4.74 Å². The van der Waals surface area contributed by atoms with E-state index in [0.29, 0.717) is 12.1 Å². The molecule has 1 heterocycles. The van der Waals surface area contributed by atoms with Gasteiger partial charge in [0.15, 0.2) is 0 Å². The summed E-state index contributed by atoms with van der Waals surface area (Å²) in [6.07, 6.45) is 0.301. The number of nitrogens with zero attached hydrogens (tertiary/aromatic N) is 2. The molecule has 2 aromatic rings. The minimum Gasteiger partial charge on any atom is -0.380 e. The number of rotatable bonds is 6. The Balaban J connectivity index is 1.74. The van der Waals surface area contributed by atoms with Gasteiger partial charge in [-0.3, -0.25) is 9.80 Å². The van der Waals surface area contributed by atoms with Gasteiger partial charge in [-0.1, -0.05) is 60.7 Å². The third-order valence-electron chi connectivity index (χ3n) is 4.92. The van der Waals surface area contributed by atoms with E-state index in [0.717, 1.165) is 32.7 Å². The molecule has 1 atom stereocenters. The molecule has 2 aromatic carbocycles. The second kappa shape index (κ2) is 8.43. The Bertz CT molecular complexity index is 554. The van der Waals surface area contributed by atoms with Crippen LogP contribution in [0.1, 0.15) is 24.1 Å². The Morgan fingerprint density at radius 1 is 0.833 bits per heavy atom. The van der Waals surface area contributed by atoms with Gasteiger partial charge in [0, 0.05) is 39.8 Å². The minimum absolute atomic E-state index is 0.301. The summed E-state index contributed by atoms with van der Waals surface area (Å²) in [6, 6.07) is 22.1. The van der Waals surface area contributed by atoms with Gasteiger partial charge in [-0.2, -0.15) is 0 Å². The van der Waals surface area contributed by atoms with Gasteiger partial charge in [-0.15, -0.1) is 0 Å². The van der Waals surface area contributed by atoms with Crippen molar-refractivity contribution in [1.82, 2.24) is 9.80 Å². The molecule has 0 N–H and O–H groups in total. The number of hydrogen-bond acceptors (Lipinski definition) is 3. The Morgan fingerprint density at radius 3 is 1.79 bits per heavy atom. The molecule has 0 aliphatic carbocycles. The van der Waals surface area contributed by atoms with Crippen LogP contribution < -0.4 is 0 Å². The first-order valence-electron chi connectivity index (χ1n) is 8.87. The third kappa shape index (κ3) is 4.23. The second-order valence-corrected chi connectivity index (χ2v) is 6.61. The molecule has 128 valence electrons. The molecule has 0 aromatic heterocycles. The molecule has 24 heavy (non-hydrogen) atoms. The van der Waals surface area contributed by atoms with Crippen molar-refractivity contribution in [3.8, 4) is 0 Å². The highest BCUT2D eigenvalue weighted by Crippen LogP contribution is 2.29. The van der Waals surface area contributed by atoms with E-state index in [-0.39, 0.29) is 0 Å². The Hall–Kier alpha value is -1.68. The fraction of sp³-hybridized carbons (Fsp3) is 0.429. The van der Waals surface area contributed by atoms with Gasteiger partial charge in [-0.05, 0) is 18.1 Å². The Labute approximate surface area is 145 Å². The van der Waals surface area contributed by atoms with Crippen LogP contribution in [0.3, 0.4) is 0 Å². The SMILES string of the molecule is COC(C)CN1CCN(C(c2ccccc2)c2ccccc2)CC1. The standard InChI is InChI=1S/C21H28N2O/c1-18(24-2)17-22-13-15-23(16-14-22)21(19-9-5-3-6-10-19)20-11-7-4-8-12-20/h3-12,18,21H,13-17H2,1-2H3. The average molecular weight is 324 g/mol. The molecule has 0 saturated carbocycles. The summed E-state index contributed by atoms with van der Waals surface area (Å²) in [5, 5.41) is 0. The van der Waals surface area contributed by atoms with E-state index in [1.54, 1.807) is 7.11 Å². The van der Waals surface area contributed by atoms with Crippen LogP contribution in [0, 0.1) is 0 Å². The van der Waals surface area contributed by atoms with Gasteiger partial charge in [0.2, 0.25) is 0 Å². The predicted octanol–water partition coefficient (Wildman–Crippen LogP) is 3.43. The lowest BCUT2D eigenvalue weighted by Gasteiger charge is -2.40. The van der Waals surface area contributed by atoms with E-state index >= 15 is 0 Å². The molecule has 0 amide bonds. The zero-order valence-electron chi connectivity index (χ0n) is 14.8. The maximum absolute atomic E-state index is 5.41. The van der Waals surface area contributed by atoms with Crippen LogP contribution in [0.2, 0.25) is 0 Å². The number of benzene rings is 2. The number of methoxy groups -OCH3 is 1. The highest BCUT2D eigenvalue weighted by Gasteiger charge is 2.26. The summed E-state index contributed by atoms with van der Waals surface area (Å²) in [5.74, 6) is 0. The van der Waals surface area contributed by atoms with Crippen LogP contribution in [0.25, 0.3) is 0 Å². The van der Waals surface area contributed by atoms with Crippen LogP contribution in [-0.4, -0.2) is 55.7 Å². The molecule has 0 spiro atoms. The number of piperazine rings is 1. The monoisotopic (exact) mass is 324 g/mol. The van der Waals surface area contributed by atoms with Crippen molar-refractivity contribution in [2.45, 2.75) is 19.1 Å². The summed E-state index contributed by atoms with van der Waals surface area (Å²) < 4.78 is 5.41. The van der Waals surface area contributed by atoms with Crippen molar-refractivity contribution in [3.05, 3.63) is 71.8 Å². The molecule has 1 aliphatic heterocycles. The third-order valence-corrected chi connectivity index (χ3v) is 4.92. The van der Waals surface area contributed by atoms with Crippen molar-refractivity contribution in [2.24, 2.45) is 0 Å². The van der Waals surface area contributed by atoms with E-state index in [4.69, 9.17) is 4.74 Å². The maximum Gasteiger partial charge on any atom is 0.0670 e. The first kappa shape index (κ1) is 17.2. The molecular weight excluding hydrogens is 296 g/mol. The number of ether oxygens (including phenoxy) is 1. The van der Waals surface area contributed by atoms with Crippen LogP contribution in [0.4, 0.5) is 0 Å². The first-order chi connectivity index (χ1) is 11.8. The quantitative estimate of drug-likeness (QED) is 0.810. The van der Waals surface area contributed by atoms with E-state index in [9.17, 15) is 0 Å². The van der Waals surface area contributed by atoms with E-state index in [1.807, 2.05) is 0 Å². The zero-order chi connectivity index (χ0) is 16.8. The van der Waals surface area contributed by atoms with Gasteiger partial charge in [0.1, 0.15) is 0 Å². The van der Waals surface area contributed by atoms with Gasteiger partial charge in [0.05, 0.1) is 12.1 Å². The van der Waals surface area contributed by atoms with E-state index in [2.05, 4.69) is 77.4 Å². The fourth-order valence-electron chi connectivity index (χ4n) is 3.53. The average Bonchev–Trinajstić information content (AvgIpc) is 2.65. The fourth-order valence-corrected chi connectivity index (χ4v) is 3.53. The van der Waals surface area contributed by atoms with Gasteiger partial charge in [-0.25, -0.2) is 0 Å². The lowest BCUT2D eigenvalue weighted by atomic mass is 9.96. The highest BCUT2D eigenvalue weighted by atomic mass is 16.5. The molecule has 3 nitrogen and oxygen atoms in total. The Morgan fingerprint density at radius 2 is 1.33 bits per heavy atom. The van der Waals surface area contributed by atoms with Gasteiger partial charge in [0.25, 0.3) is 0 Å². The summed E-state index contributed by atoms with van der Waals surface area (Å²) in [7, 11) is 1.79. The summed E-state index contributed by atoms with van der Waals surface area (Å²) in [4.78, 5) is 5.12. The molecule has 0 bridgehead atoms. The molecule has 3 heteroatoms. The summed E-state index contributed by atoms with van der Waals surface area (Å²) >= 11 is 0. The van der Waals surface area contributed by atoms with Gasteiger partial charge < -0.3 is 4.74 Å². The molecule has 1 saturated heterocycles. The lowest BCUT2D eigenvalue weighted by molar-refractivity contribution is 0.0458.